The van der Waals surface area contributed by atoms with Gasteiger partial charge in [-0.3, -0.25) is 4.79 Å². The molecule has 16 heavy (non-hydrogen) atoms. The highest BCUT2D eigenvalue weighted by Gasteiger charge is 2.31. The fourth-order valence-corrected chi connectivity index (χ4v) is 4.18. The first-order valence-corrected chi connectivity index (χ1v) is 7.07. The Kier molecular flexibility index (Phi) is 2.76. The molecule has 0 radical (unpaired) electrons. The van der Waals surface area contributed by atoms with E-state index in [2.05, 4.69) is 24.3 Å². The lowest BCUT2D eigenvalue weighted by Crippen LogP contribution is -2.11. The van der Waals surface area contributed by atoms with Crippen molar-refractivity contribution in [3.63, 3.8) is 0 Å². The van der Waals surface area contributed by atoms with Crippen LogP contribution in [0, 0.1) is 5.92 Å². The largest absolute Gasteiger partial charge is 0.299 e. The second-order valence-corrected chi connectivity index (χ2v) is 5.90. The van der Waals surface area contributed by atoms with E-state index in [1.54, 1.807) is 0 Å². The summed E-state index contributed by atoms with van der Waals surface area (Å²) in [7, 11) is 0. The lowest BCUT2D eigenvalue weighted by molar-refractivity contribution is -0.120. The number of ketones is 1. The average molecular weight is 232 g/mol. The monoisotopic (exact) mass is 232 g/mol. The minimum Gasteiger partial charge on any atom is -0.299 e. The molecule has 3 rings (SSSR count). The van der Waals surface area contributed by atoms with Crippen LogP contribution in [0.3, 0.4) is 0 Å². The number of benzene rings is 1. The third kappa shape index (κ3) is 1.80. The Morgan fingerprint density at radius 2 is 2.12 bits per heavy atom. The maximum Gasteiger partial charge on any atom is 0.135 e. The van der Waals surface area contributed by atoms with E-state index in [1.165, 1.54) is 16.2 Å². The molecule has 1 aliphatic carbocycles. The number of carbonyl (C=O) groups excluding carboxylic acids is 1. The van der Waals surface area contributed by atoms with Gasteiger partial charge < -0.3 is 0 Å². The van der Waals surface area contributed by atoms with Crippen LogP contribution < -0.4 is 0 Å². The van der Waals surface area contributed by atoms with Crippen LogP contribution in [0.25, 0.3) is 0 Å². The Morgan fingerprint density at radius 3 is 2.94 bits per heavy atom. The van der Waals surface area contributed by atoms with Crippen LogP contribution in [0.15, 0.2) is 29.2 Å². The summed E-state index contributed by atoms with van der Waals surface area (Å²) in [5, 5.41) is 0. The van der Waals surface area contributed by atoms with Gasteiger partial charge in [0.05, 0.1) is 0 Å². The van der Waals surface area contributed by atoms with Gasteiger partial charge in [-0.2, -0.15) is 0 Å². The predicted octanol–water partition coefficient (Wildman–Crippen LogP) is 3.64. The smallest absolute Gasteiger partial charge is 0.135 e. The van der Waals surface area contributed by atoms with Crippen LogP contribution in [-0.4, -0.2) is 11.5 Å². The number of hydrogen-bond acceptors (Lipinski definition) is 2. The molecule has 1 saturated carbocycles. The lowest BCUT2D eigenvalue weighted by atomic mass is 9.89. The zero-order valence-electron chi connectivity index (χ0n) is 9.32. The second kappa shape index (κ2) is 4.25. The first kappa shape index (κ1) is 10.4. The van der Waals surface area contributed by atoms with E-state index < -0.39 is 0 Å². The van der Waals surface area contributed by atoms with Crippen molar-refractivity contribution >= 4 is 17.5 Å². The molecule has 2 atom stereocenters. The fraction of sp³-hybridized carbons (Fsp3) is 0.500. The Bertz CT molecular complexity index is 413. The molecule has 1 fully saturated rings. The van der Waals surface area contributed by atoms with Crippen molar-refractivity contribution in [2.45, 2.75) is 36.5 Å². The normalized spacial score (nSPS) is 28.4. The van der Waals surface area contributed by atoms with Crippen molar-refractivity contribution in [3.05, 3.63) is 29.8 Å². The summed E-state index contributed by atoms with van der Waals surface area (Å²) in [5.41, 5.74) is 1.48. The molecule has 0 amide bonds. The maximum atomic E-state index is 11.7. The zero-order valence-corrected chi connectivity index (χ0v) is 10.1. The molecule has 0 spiro atoms. The molecule has 2 heteroatoms. The number of Topliss-reactive ketones (excluding diaryl/α,β-unsaturated/α-hetero) is 1. The van der Waals surface area contributed by atoms with E-state index >= 15 is 0 Å². The summed E-state index contributed by atoms with van der Waals surface area (Å²) in [4.78, 5) is 13.1. The van der Waals surface area contributed by atoms with E-state index in [4.69, 9.17) is 0 Å². The van der Waals surface area contributed by atoms with E-state index in [1.807, 2.05) is 11.8 Å². The average Bonchev–Trinajstić information content (AvgIpc) is 2.88. The Balaban J connectivity index is 1.75. The van der Waals surface area contributed by atoms with Gasteiger partial charge in [0.2, 0.25) is 0 Å². The fourth-order valence-electron chi connectivity index (χ4n) is 2.90. The summed E-state index contributed by atoms with van der Waals surface area (Å²) in [6.45, 7) is 0. The number of hydrogen-bond donors (Lipinski definition) is 0. The van der Waals surface area contributed by atoms with Crippen molar-refractivity contribution in [2.24, 2.45) is 5.92 Å². The first-order valence-electron chi connectivity index (χ1n) is 6.09. The van der Waals surface area contributed by atoms with Crippen LogP contribution in [0.4, 0.5) is 0 Å². The molecule has 84 valence electrons. The highest BCUT2D eigenvalue weighted by molar-refractivity contribution is 7.99. The SMILES string of the molecule is O=C1CCCC1CC1CSc2ccccc21. The molecule has 1 aliphatic heterocycles. The highest BCUT2D eigenvalue weighted by atomic mass is 32.2. The molecular weight excluding hydrogens is 216 g/mol. The highest BCUT2D eigenvalue weighted by Crippen LogP contribution is 2.43. The Labute approximate surface area is 101 Å². The lowest BCUT2D eigenvalue weighted by Gasteiger charge is -2.14. The molecule has 1 heterocycles. The van der Waals surface area contributed by atoms with E-state index in [0.29, 0.717) is 17.6 Å². The molecule has 2 aliphatic rings. The summed E-state index contributed by atoms with van der Waals surface area (Å²) < 4.78 is 0. The van der Waals surface area contributed by atoms with Crippen molar-refractivity contribution in [3.8, 4) is 0 Å². The van der Waals surface area contributed by atoms with Crippen molar-refractivity contribution in [1.29, 1.82) is 0 Å². The molecule has 1 aromatic rings. The van der Waals surface area contributed by atoms with Crippen molar-refractivity contribution in [2.75, 3.05) is 5.75 Å². The number of thioether (sulfide) groups is 1. The molecule has 0 aromatic heterocycles. The first-order chi connectivity index (χ1) is 7.84. The molecule has 2 unspecified atom stereocenters. The van der Waals surface area contributed by atoms with Gasteiger partial charge in [0.15, 0.2) is 0 Å². The number of fused-ring (bicyclic) bond motifs is 1. The van der Waals surface area contributed by atoms with Crippen molar-refractivity contribution in [1.82, 2.24) is 0 Å². The summed E-state index contributed by atoms with van der Waals surface area (Å²) in [6, 6.07) is 8.67. The van der Waals surface area contributed by atoms with Gasteiger partial charge in [-0.1, -0.05) is 18.2 Å². The van der Waals surface area contributed by atoms with E-state index in [9.17, 15) is 4.79 Å². The van der Waals surface area contributed by atoms with Gasteiger partial charge in [0.1, 0.15) is 5.78 Å². The minimum atomic E-state index is 0.358. The van der Waals surface area contributed by atoms with Gasteiger partial charge in [0.25, 0.3) is 0 Å². The number of carbonyl (C=O) groups is 1. The van der Waals surface area contributed by atoms with Gasteiger partial charge in [-0.15, -0.1) is 11.8 Å². The van der Waals surface area contributed by atoms with Crippen LogP contribution in [-0.2, 0) is 4.79 Å². The quantitative estimate of drug-likeness (QED) is 0.774. The van der Waals surface area contributed by atoms with Gasteiger partial charge in [-0.05, 0) is 36.8 Å². The molecule has 0 N–H and O–H groups in total. The maximum absolute atomic E-state index is 11.7. The zero-order chi connectivity index (χ0) is 11.0. The van der Waals surface area contributed by atoms with Crippen LogP contribution in [0.2, 0.25) is 0 Å². The van der Waals surface area contributed by atoms with E-state index in [-0.39, 0.29) is 0 Å². The minimum absolute atomic E-state index is 0.358. The van der Waals surface area contributed by atoms with Gasteiger partial charge in [-0.25, -0.2) is 0 Å². The van der Waals surface area contributed by atoms with Gasteiger partial charge in [0, 0.05) is 23.0 Å². The molecule has 1 nitrogen and oxygen atoms in total. The molecular formula is C14H16OS. The van der Waals surface area contributed by atoms with Crippen LogP contribution in [0.1, 0.15) is 37.2 Å². The van der Waals surface area contributed by atoms with Crippen LogP contribution in [0.5, 0.6) is 0 Å². The summed E-state index contributed by atoms with van der Waals surface area (Å²) >= 11 is 1.95. The van der Waals surface area contributed by atoms with E-state index in [0.717, 1.165) is 25.7 Å². The third-order valence-corrected chi connectivity index (χ3v) is 5.05. The topological polar surface area (TPSA) is 17.1 Å². The van der Waals surface area contributed by atoms with Crippen molar-refractivity contribution < 1.29 is 4.79 Å². The molecule has 0 bridgehead atoms. The molecule has 0 saturated heterocycles. The van der Waals surface area contributed by atoms with Gasteiger partial charge >= 0.3 is 0 Å². The Morgan fingerprint density at radius 1 is 1.25 bits per heavy atom. The Hall–Kier alpha value is -0.760. The third-order valence-electron chi connectivity index (χ3n) is 3.80. The predicted molar refractivity (Wildman–Crippen MR) is 66.9 cm³/mol. The molecule has 1 aromatic carbocycles. The standard InChI is InChI=1S/C14H16OS/c15-13-6-3-4-10(13)8-11-9-16-14-7-2-1-5-12(11)14/h1-2,5,7,10-11H,3-4,6,8-9H2. The summed E-state index contributed by atoms with van der Waals surface area (Å²) in [6.07, 6.45) is 4.15. The number of rotatable bonds is 2. The van der Waals surface area contributed by atoms with Crippen LogP contribution >= 0.6 is 11.8 Å². The second-order valence-electron chi connectivity index (χ2n) is 4.84. The summed E-state index contributed by atoms with van der Waals surface area (Å²) in [5.74, 6) is 2.66.